The molecule has 0 spiro atoms. The second-order valence-electron chi connectivity index (χ2n) is 4.47. The van der Waals surface area contributed by atoms with Crippen LogP contribution >= 0.6 is 0 Å². The van der Waals surface area contributed by atoms with Crippen molar-refractivity contribution >= 4 is 11.6 Å². The largest absolute Gasteiger partial charge is 0.392 e. The molecule has 21 heavy (non-hydrogen) atoms. The minimum absolute atomic E-state index is 0.0628. The molecule has 0 heterocycles. The van der Waals surface area contributed by atoms with Gasteiger partial charge >= 0.3 is 0 Å². The summed E-state index contributed by atoms with van der Waals surface area (Å²) in [7, 11) is 0. The van der Waals surface area contributed by atoms with Gasteiger partial charge in [0.2, 0.25) is 0 Å². The van der Waals surface area contributed by atoms with Gasteiger partial charge in [0, 0.05) is 24.2 Å². The molecule has 6 heteroatoms. The predicted molar refractivity (Wildman–Crippen MR) is 76.6 cm³/mol. The maximum absolute atomic E-state index is 12.0. The van der Waals surface area contributed by atoms with Gasteiger partial charge in [-0.15, -0.1) is 0 Å². The van der Waals surface area contributed by atoms with Crippen molar-refractivity contribution in [3.8, 4) is 0 Å². The fourth-order valence-corrected chi connectivity index (χ4v) is 1.88. The van der Waals surface area contributed by atoms with Crippen LogP contribution < -0.4 is 5.32 Å². The number of aliphatic hydroxyl groups excluding tert-OH is 1. The number of carbonyl (C=O) groups is 1. The highest BCUT2D eigenvalue weighted by molar-refractivity contribution is 5.94. The Balaban J connectivity index is 2.04. The number of non-ortho nitro benzene ring substituents is 1. The van der Waals surface area contributed by atoms with Crippen molar-refractivity contribution in [1.29, 1.82) is 0 Å². The molecule has 2 N–H and O–H groups in total. The summed E-state index contributed by atoms with van der Waals surface area (Å²) >= 11 is 0. The Labute approximate surface area is 121 Å². The lowest BCUT2D eigenvalue weighted by Gasteiger charge is -2.06. The van der Waals surface area contributed by atoms with Gasteiger partial charge in [0.15, 0.2) is 0 Å². The van der Waals surface area contributed by atoms with E-state index in [1.807, 2.05) is 6.07 Å². The highest BCUT2D eigenvalue weighted by Crippen LogP contribution is 2.13. The van der Waals surface area contributed by atoms with Gasteiger partial charge < -0.3 is 10.4 Å². The average Bonchev–Trinajstić information content (AvgIpc) is 2.53. The molecule has 0 saturated carbocycles. The summed E-state index contributed by atoms with van der Waals surface area (Å²) in [5.74, 6) is -0.381. The van der Waals surface area contributed by atoms with Crippen LogP contribution in [0, 0.1) is 10.1 Å². The minimum Gasteiger partial charge on any atom is -0.392 e. The first-order chi connectivity index (χ1) is 10.1. The van der Waals surface area contributed by atoms with Crippen molar-refractivity contribution in [2.24, 2.45) is 0 Å². The second kappa shape index (κ2) is 6.62. The number of nitro groups is 1. The Morgan fingerprint density at radius 3 is 2.57 bits per heavy atom. The lowest BCUT2D eigenvalue weighted by molar-refractivity contribution is -0.384. The van der Waals surface area contributed by atoms with Gasteiger partial charge in [0.05, 0.1) is 11.5 Å². The number of rotatable bonds is 5. The Hall–Kier alpha value is -2.73. The van der Waals surface area contributed by atoms with Crippen molar-refractivity contribution in [2.45, 2.75) is 13.2 Å². The van der Waals surface area contributed by atoms with Gasteiger partial charge in [0.1, 0.15) is 0 Å². The summed E-state index contributed by atoms with van der Waals surface area (Å²) in [6.07, 6.45) is 0. The molecule has 0 unspecified atom stereocenters. The Morgan fingerprint density at radius 2 is 1.86 bits per heavy atom. The van der Waals surface area contributed by atoms with E-state index in [1.165, 1.54) is 24.3 Å². The predicted octanol–water partition coefficient (Wildman–Crippen LogP) is 2.02. The Kier molecular flexibility index (Phi) is 4.63. The van der Waals surface area contributed by atoms with Crippen LogP contribution in [0.3, 0.4) is 0 Å². The normalized spacial score (nSPS) is 10.1. The van der Waals surface area contributed by atoms with E-state index in [2.05, 4.69) is 5.32 Å². The molecule has 2 aromatic rings. The van der Waals surface area contributed by atoms with E-state index in [1.54, 1.807) is 18.2 Å². The van der Waals surface area contributed by atoms with Crippen molar-refractivity contribution in [3.63, 3.8) is 0 Å². The van der Waals surface area contributed by atoms with Gasteiger partial charge in [0.25, 0.3) is 11.6 Å². The van der Waals surface area contributed by atoms with Crippen LogP contribution in [0.15, 0.2) is 48.5 Å². The van der Waals surface area contributed by atoms with Gasteiger partial charge in [-0.1, -0.05) is 30.3 Å². The third kappa shape index (κ3) is 3.87. The number of hydrogen-bond acceptors (Lipinski definition) is 4. The molecular weight excluding hydrogens is 272 g/mol. The molecule has 0 fully saturated rings. The molecule has 0 radical (unpaired) electrons. The van der Waals surface area contributed by atoms with Crippen molar-refractivity contribution < 1.29 is 14.8 Å². The second-order valence-corrected chi connectivity index (χ2v) is 4.47. The summed E-state index contributed by atoms with van der Waals surface area (Å²) in [4.78, 5) is 22.1. The van der Waals surface area contributed by atoms with E-state index < -0.39 is 4.92 Å². The third-order valence-electron chi connectivity index (χ3n) is 2.95. The molecule has 2 aromatic carbocycles. The Morgan fingerprint density at radius 1 is 1.14 bits per heavy atom. The number of hydrogen-bond donors (Lipinski definition) is 2. The van der Waals surface area contributed by atoms with Crippen LogP contribution in [0.25, 0.3) is 0 Å². The fraction of sp³-hybridized carbons (Fsp3) is 0.133. The van der Waals surface area contributed by atoms with Crippen molar-refractivity contribution in [1.82, 2.24) is 5.32 Å². The zero-order chi connectivity index (χ0) is 15.2. The first kappa shape index (κ1) is 14.7. The van der Waals surface area contributed by atoms with Crippen LogP contribution in [-0.4, -0.2) is 15.9 Å². The maximum Gasteiger partial charge on any atom is 0.270 e. The highest BCUT2D eigenvalue weighted by atomic mass is 16.6. The smallest absolute Gasteiger partial charge is 0.270 e. The van der Waals surface area contributed by atoms with Crippen LogP contribution in [0.2, 0.25) is 0 Å². The first-order valence-electron chi connectivity index (χ1n) is 6.31. The number of carbonyl (C=O) groups excluding carboxylic acids is 1. The molecule has 2 rings (SSSR count). The molecule has 1 amide bonds. The lowest BCUT2D eigenvalue weighted by Crippen LogP contribution is -2.22. The van der Waals surface area contributed by atoms with Crippen LogP contribution in [0.5, 0.6) is 0 Å². The fourth-order valence-electron chi connectivity index (χ4n) is 1.88. The van der Waals surface area contributed by atoms with Gasteiger partial charge in [-0.2, -0.15) is 0 Å². The molecule has 0 bridgehead atoms. The monoisotopic (exact) mass is 286 g/mol. The van der Waals surface area contributed by atoms with Gasteiger partial charge in [-0.3, -0.25) is 14.9 Å². The summed E-state index contributed by atoms with van der Waals surface area (Å²) in [5.41, 5.74) is 1.73. The molecule has 0 aliphatic rings. The van der Waals surface area contributed by atoms with Crippen LogP contribution in [0.4, 0.5) is 5.69 Å². The van der Waals surface area contributed by atoms with E-state index in [9.17, 15) is 14.9 Å². The molecule has 6 nitrogen and oxygen atoms in total. The lowest BCUT2D eigenvalue weighted by atomic mass is 10.1. The van der Waals surface area contributed by atoms with Crippen molar-refractivity contribution in [3.05, 3.63) is 75.3 Å². The number of amides is 1. The number of nitrogens with one attached hydrogen (secondary N) is 1. The molecular formula is C15H14N2O4. The first-order valence-corrected chi connectivity index (χ1v) is 6.31. The molecule has 0 aliphatic carbocycles. The standard InChI is InChI=1S/C15H14N2O4/c18-10-12-4-1-3-11(7-12)9-16-15(19)13-5-2-6-14(8-13)17(20)21/h1-8,18H,9-10H2,(H,16,19). The topological polar surface area (TPSA) is 92.5 Å². The summed E-state index contributed by atoms with van der Waals surface area (Å²) in [6, 6.07) is 12.7. The summed E-state index contributed by atoms with van der Waals surface area (Å²) in [5, 5.41) is 22.4. The number of nitrogens with zero attached hydrogens (tertiary/aromatic N) is 1. The number of nitro benzene ring substituents is 1. The third-order valence-corrected chi connectivity index (χ3v) is 2.95. The van der Waals surface area contributed by atoms with E-state index in [4.69, 9.17) is 5.11 Å². The molecule has 0 saturated heterocycles. The highest BCUT2D eigenvalue weighted by Gasteiger charge is 2.11. The summed E-state index contributed by atoms with van der Waals surface area (Å²) < 4.78 is 0. The Bertz CT molecular complexity index is 670. The number of aliphatic hydroxyl groups is 1. The minimum atomic E-state index is -0.540. The van der Waals surface area contributed by atoms with E-state index in [0.29, 0.717) is 0 Å². The molecule has 0 aliphatic heterocycles. The van der Waals surface area contributed by atoms with Crippen LogP contribution in [-0.2, 0) is 13.2 Å². The van der Waals surface area contributed by atoms with E-state index in [0.717, 1.165) is 11.1 Å². The zero-order valence-corrected chi connectivity index (χ0v) is 11.2. The zero-order valence-electron chi connectivity index (χ0n) is 11.2. The number of benzene rings is 2. The molecule has 0 atom stereocenters. The van der Waals surface area contributed by atoms with E-state index in [-0.39, 0.29) is 30.3 Å². The SMILES string of the molecule is O=C(NCc1cccc(CO)c1)c1cccc([N+](=O)[O-])c1. The average molecular weight is 286 g/mol. The maximum atomic E-state index is 12.0. The molecule has 108 valence electrons. The van der Waals surface area contributed by atoms with Gasteiger partial charge in [-0.05, 0) is 17.2 Å². The summed E-state index contributed by atoms with van der Waals surface area (Å²) in [6.45, 7) is 0.224. The quantitative estimate of drug-likeness (QED) is 0.649. The molecule has 0 aromatic heterocycles. The van der Waals surface area contributed by atoms with Gasteiger partial charge in [-0.25, -0.2) is 0 Å². The van der Waals surface area contributed by atoms with E-state index >= 15 is 0 Å². The van der Waals surface area contributed by atoms with Crippen LogP contribution in [0.1, 0.15) is 21.5 Å². The van der Waals surface area contributed by atoms with Crippen molar-refractivity contribution in [2.75, 3.05) is 0 Å².